The summed E-state index contributed by atoms with van der Waals surface area (Å²) in [6.45, 7) is 3.67. The van der Waals surface area contributed by atoms with Crippen LogP contribution in [0.5, 0.6) is 0 Å². The van der Waals surface area contributed by atoms with Crippen molar-refractivity contribution in [1.29, 1.82) is 0 Å². The smallest absolute Gasteiger partial charge is 0.121 e. The van der Waals surface area contributed by atoms with Crippen molar-refractivity contribution in [2.24, 2.45) is 0 Å². The molecule has 0 radical (unpaired) electrons. The first kappa shape index (κ1) is 8.48. The first-order chi connectivity index (χ1) is 6.40. The van der Waals surface area contributed by atoms with Gasteiger partial charge < -0.3 is 0 Å². The summed E-state index contributed by atoms with van der Waals surface area (Å²) in [6, 6.07) is 10.1. The van der Waals surface area contributed by atoms with Gasteiger partial charge in [-0.25, -0.2) is 9.78 Å². The number of hydrogen-bond donors (Lipinski definition) is 0. The molecule has 1 aromatic rings. The van der Waals surface area contributed by atoms with Crippen molar-refractivity contribution in [1.82, 2.24) is 0 Å². The second kappa shape index (κ2) is 3.73. The maximum Gasteiger partial charge on any atom is 0.121 e. The molecular formula is C11H12O2. The third-order valence-corrected chi connectivity index (χ3v) is 2.18. The standard InChI is InChI=1S/C11H12O2/c1-2-10-8-11(13-12-10)9-6-4-3-5-7-9/h2-7,10-11H,1,8H2/t10-,11-/m1/s1. The molecule has 0 bridgehead atoms. The van der Waals surface area contributed by atoms with Gasteiger partial charge in [0.25, 0.3) is 0 Å². The van der Waals surface area contributed by atoms with E-state index in [1.54, 1.807) is 6.08 Å². The van der Waals surface area contributed by atoms with Crippen molar-refractivity contribution in [2.45, 2.75) is 18.6 Å². The van der Waals surface area contributed by atoms with Crippen LogP contribution in [-0.4, -0.2) is 6.10 Å². The highest BCUT2D eigenvalue weighted by Crippen LogP contribution is 2.30. The van der Waals surface area contributed by atoms with E-state index in [2.05, 4.69) is 6.58 Å². The van der Waals surface area contributed by atoms with E-state index in [-0.39, 0.29) is 12.2 Å². The van der Waals surface area contributed by atoms with Crippen LogP contribution in [-0.2, 0) is 9.78 Å². The zero-order chi connectivity index (χ0) is 9.10. The second-order valence-electron chi connectivity index (χ2n) is 3.10. The molecule has 1 aliphatic heterocycles. The van der Waals surface area contributed by atoms with Gasteiger partial charge in [0.2, 0.25) is 0 Å². The van der Waals surface area contributed by atoms with Gasteiger partial charge in [-0.15, -0.1) is 6.58 Å². The maximum absolute atomic E-state index is 5.17. The second-order valence-corrected chi connectivity index (χ2v) is 3.10. The number of hydrogen-bond acceptors (Lipinski definition) is 2. The van der Waals surface area contributed by atoms with Crippen molar-refractivity contribution in [3.8, 4) is 0 Å². The van der Waals surface area contributed by atoms with Gasteiger partial charge in [0.15, 0.2) is 0 Å². The SMILES string of the molecule is C=C[C@@H]1C[C@H](c2ccccc2)OO1. The summed E-state index contributed by atoms with van der Waals surface area (Å²) in [5.74, 6) is 0. The van der Waals surface area contributed by atoms with Crippen molar-refractivity contribution in [3.63, 3.8) is 0 Å². The first-order valence-corrected chi connectivity index (χ1v) is 4.40. The lowest BCUT2D eigenvalue weighted by atomic mass is 10.0. The lowest BCUT2D eigenvalue weighted by molar-refractivity contribution is -0.290. The van der Waals surface area contributed by atoms with Crippen LogP contribution in [0.4, 0.5) is 0 Å². The zero-order valence-corrected chi connectivity index (χ0v) is 7.35. The number of benzene rings is 1. The molecule has 1 heterocycles. The van der Waals surface area contributed by atoms with Gasteiger partial charge in [-0.3, -0.25) is 0 Å². The molecule has 68 valence electrons. The monoisotopic (exact) mass is 176 g/mol. The molecule has 0 aromatic heterocycles. The zero-order valence-electron chi connectivity index (χ0n) is 7.35. The molecule has 0 unspecified atom stereocenters. The Labute approximate surface area is 77.7 Å². The highest BCUT2D eigenvalue weighted by Gasteiger charge is 2.26. The Bertz CT molecular complexity index is 281. The quantitative estimate of drug-likeness (QED) is 0.509. The first-order valence-electron chi connectivity index (χ1n) is 4.40. The van der Waals surface area contributed by atoms with E-state index in [9.17, 15) is 0 Å². The summed E-state index contributed by atoms with van der Waals surface area (Å²) in [5.41, 5.74) is 1.16. The molecule has 2 rings (SSSR count). The van der Waals surface area contributed by atoms with Crippen molar-refractivity contribution < 1.29 is 9.78 Å². The molecule has 0 aliphatic carbocycles. The third kappa shape index (κ3) is 1.79. The lowest BCUT2D eigenvalue weighted by Gasteiger charge is -2.05. The molecule has 0 N–H and O–H groups in total. The topological polar surface area (TPSA) is 18.5 Å². The van der Waals surface area contributed by atoms with Crippen molar-refractivity contribution in [2.75, 3.05) is 0 Å². The fourth-order valence-electron chi connectivity index (χ4n) is 1.42. The molecule has 1 aromatic carbocycles. The number of rotatable bonds is 2. The summed E-state index contributed by atoms with van der Waals surface area (Å²) in [4.78, 5) is 10.2. The molecular weight excluding hydrogens is 164 g/mol. The van der Waals surface area contributed by atoms with E-state index < -0.39 is 0 Å². The molecule has 2 heteroatoms. The molecule has 0 amide bonds. The molecule has 2 nitrogen and oxygen atoms in total. The molecule has 0 saturated carbocycles. The average Bonchev–Trinajstić information content (AvgIpc) is 2.67. The van der Waals surface area contributed by atoms with Crippen molar-refractivity contribution in [3.05, 3.63) is 48.6 Å². The summed E-state index contributed by atoms with van der Waals surface area (Å²) in [7, 11) is 0. The Morgan fingerprint density at radius 3 is 2.62 bits per heavy atom. The maximum atomic E-state index is 5.17. The minimum absolute atomic E-state index is 0.0326. The van der Waals surface area contributed by atoms with E-state index in [0.717, 1.165) is 12.0 Å². The van der Waals surface area contributed by atoms with Crippen LogP contribution in [0.2, 0.25) is 0 Å². The minimum atomic E-state index is 0.0326. The normalized spacial score (nSPS) is 27.4. The van der Waals surface area contributed by atoms with Gasteiger partial charge in [0.05, 0.1) is 0 Å². The Hall–Kier alpha value is -1.12. The summed E-state index contributed by atoms with van der Waals surface area (Å²) in [5, 5.41) is 0. The van der Waals surface area contributed by atoms with E-state index in [1.807, 2.05) is 30.3 Å². The highest BCUT2D eigenvalue weighted by atomic mass is 17.2. The molecule has 1 saturated heterocycles. The third-order valence-electron chi connectivity index (χ3n) is 2.18. The van der Waals surface area contributed by atoms with Gasteiger partial charge in [-0.2, -0.15) is 0 Å². The van der Waals surface area contributed by atoms with Gasteiger partial charge in [0, 0.05) is 6.42 Å². The molecule has 1 fully saturated rings. The molecule has 13 heavy (non-hydrogen) atoms. The van der Waals surface area contributed by atoms with Crippen LogP contribution in [0.25, 0.3) is 0 Å². The van der Waals surface area contributed by atoms with Crippen LogP contribution in [0, 0.1) is 0 Å². The summed E-state index contributed by atoms with van der Waals surface area (Å²) >= 11 is 0. The van der Waals surface area contributed by atoms with Gasteiger partial charge in [-0.05, 0) is 5.56 Å². The highest BCUT2D eigenvalue weighted by molar-refractivity contribution is 5.18. The van der Waals surface area contributed by atoms with Gasteiger partial charge in [0.1, 0.15) is 12.2 Å². The average molecular weight is 176 g/mol. The van der Waals surface area contributed by atoms with E-state index in [4.69, 9.17) is 9.78 Å². The van der Waals surface area contributed by atoms with Crippen LogP contribution < -0.4 is 0 Å². The van der Waals surface area contributed by atoms with E-state index in [1.165, 1.54) is 0 Å². The minimum Gasteiger partial charge on any atom is -0.228 e. The molecule has 0 spiro atoms. The lowest BCUT2D eigenvalue weighted by Crippen LogP contribution is -1.98. The van der Waals surface area contributed by atoms with Gasteiger partial charge in [-0.1, -0.05) is 36.4 Å². The van der Waals surface area contributed by atoms with Crippen LogP contribution in [0.3, 0.4) is 0 Å². The Morgan fingerprint density at radius 1 is 1.23 bits per heavy atom. The van der Waals surface area contributed by atoms with Gasteiger partial charge >= 0.3 is 0 Å². The fraction of sp³-hybridized carbons (Fsp3) is 0.273. The predicted molar refractivity (Wildman–Crippen MR) is 50.0 cm³/mol. The Morgan fingerprint density at radius 2 is 2.00 bits per heavy atom. The Balaban J connectivity index is 2.08. The fourth-order valence-corrected chi connectivity index (χ4v) is 1.42. The van der Waals surface area contributed by atoms with Crippen LogP contribution in [0.1, 0.15) is 18.1 Å². The predicted octanol–water partition coefficient (Wildman–Crippen LogP) is 2.63. The Kier molecular flexibility index (Phi) is 2.43. The molecule has 2 atom stereocenters. The summed E-state index contributed by atoms with van der Waals surface area (Å²) in [6.07, 6.45) is 2.71. The van der Waals surface area contributed by atoms with Crippen molar-refractivity contribution >= 4 is 0 Å². The summed E-state index contributed by atoms with van der Waals surface area (Å²) < 4.78 is 0. The van der Waals surface area contributed by atoms with E-state index >= 15 is 0 Å². The van der Waals surface area contributed by atoms with Crippen LogP contribution in [0.15, 0.2) is 43.0 Å². The van der Waals surface area contributed by atoms with Crippen LogP contribution >= 0.6 is 0 Å². The van der Waals surface area contributed by atoms with E-state index in [0.29, 0.717) is 0 Å². The largest absolute Gasteiger partial charge is 0.228 e. The molecule has 1 aliphatic rings.